The molecule has 4 rings (SSSR count). The summed E-state index contributed by atoms with van der Waals surface area (Å²) in [5.74, 6) is 1.23. The summed E-state index contributed by atoms with van der Waals surface area (Å²) in [6, 6.07) is 2.27. The van der Waals surface area contributed by atoms with E-state index in [9.17, 15) is 10.4 Å². The lowest BCUT2D eigenvalue weighted by Gasteiger charge is -2.59. The minimum Gasteiger partial charge on any atom is -0.375 e. The van der Waals surface area contributed by atoms with Crippen molar-refractivity contribution in [3.8, 4) is 6.07 Å². The number of fused-ring (bicyclic) bond motifs is 5. The topological polar surface area (TPSA) is 62.5 Å². The van der Waals surface area contributed by atoms with Crippen LogP contribution in [0, 0.1) is 39.9 Å². The highest BCUT2D eigenvalue weighted by Gasteiger charge is 2.64. The summed E-state index contributed by atoms with van der Waals surface area (Å²) in [5, 5.41) is 20.6. The molecule has 4 aliphatic carbocycles. The lowest BCUT2D eigenvalue weighted by molar-refractivity contribution is -0.228. The van der Waals surface area contributed by atoms with Crippen LogP contribution in [0.15, 0.2) is 11.6 Å². The Morgan fingerprint density at radius 2 is 1.77 bits per heavy atom. The maximum absolute atomic E-state index is 11.0. The lowest BCUT2D eigenvalue weighted by Crippen LogP contribution is -2.55. The van der Waals surface area contributed by atoms with Gasteiger partial charge in [-0.2, -0.15) is 5.26 Å². The third-order valence-corrected chi connectivity index (χ3v) is 9.19. The molecule has 0 aromatic carbocycles. The molecule has 0 spiro atoms. The van der Waals surface area contributed by atoms with Gasteiger partial charge in [0.05, 0.1) is 6.07 Å². The van der Waals surface area contributed by atoms with Gasteiger partial charge in [0, 0.05) is 32.5 Å². The predicted octanol–water partition coefficient (Wildman–Crippen LogP) is 4.19. The molecule has 0 heterocycles. The van der Waals surface area contributed by atoms with Crippen LogP contribution in [0.5, 0.6) is 0 Å². The molecule has 0 aliphatic heterocycles. The van der Waals surface area contributed by atoms with Crippen LogP contribution in [0.25, 0.3) is 0 Å². The Hall–Kier alpha value is -0.890. The maximum Gasteiger partial charge on any atom is 0.171 e. The van der Waals surface area contributed by atoms with Gasteiger partial charge >= 0.3 is 0 Å². The number of hydrogen-bond donors (Lipinski definition) is 1. The number of methoxy groups -OCH3 is 2. The first-order valence-corrected chi connectivity index (χ1v) is 10.2. The van der Waals surface area contributed by atoms with E-state index >= 15 is 0 Å². The van der Waals surface area contributed by atoms with E-state index in [4.69, 9.17) is 9.47 Å². The van der Waals surface area contributed by atoms with Gasteiger partial charge in [-0.15, -0.1) is 0 Å². The number of ether oxygens (including phenoxy) is 2. The molecule has 0 amide bonds. The third-order valence-electron chi connectivity index (χ3n) is 9.19. The number of nitrogens with zero attached hydrogens (tertiary/aromatic N) is 1. The van der Waals surface area contributed by atoms with Crippen molar-refractivity contribution in [2.24, 2.45) is 28.6 Å². The lowest BCUT2D eigenvalue weighted by atomic mass is 9.47. The number of allylic oxidation sites excluding steroid dienone is 1. The molecule has 0 radical (unpaired) electrons. The van der Waals surface area contributed by atoms with Gasteiger partial charge in [-0.1, -0.05) is 25.5 Å². The van der Waals surface area contributed by atoms with Crippen molar-refractivity contribution in [1.29, 1.82) is 5.26 Å². The van der Waals surface area contributed by atoms with Crippen molar-refractivity contribution in [2.75, 3.05) is 14.2 Å². The van der Waals surface area contributed by atoms with Gasteiger partial charge in [0.2, 0.25) is 0 Å². The van der Waals surface area contributed by atoms with Crippen LogP contribution in [0.4, 0.5) is 0 Å². The van der Waals surface area contributed by atoms with Crippen LogP contribution in [0.2, 0.25) is 0 Å². The highest BCUT2D eigenvalue weighted by molar-refractivity contribution is 5.28. The minimum atomic E-state index is -1.14. The zero-order chi connectivity index (χ0) is 18.8. The first-order chi connectivity index (χ1) is 12.3. The van der Waals surface area contributed by atoms with Crippen molar-refractivity contribution in [2.45, 2.75) is 76.6 Å². The molecule has 0 aromatic heterocycles. The summed E-state index contributed by atoms with van der Waals surface area (Å²) in [5.41, 5.74) is 0.326. The second-order valence-corrected chi connectivity index (χ2v) is 9.72. The molecule has 6 atom stereocenters. The summed E-state index contributed by atoms with van der Waals surface area (Å²) >= 11 is 0. The highest BCUT2D eigenvalue weighted by atomic mass is 16.7. The van der Waals surface area contributed by atoms with Gasteiger partial charge in [-0.05, 0) is 61.7 Å². The molecule has 1 N–H and O–H groups in total. The summed E-state index contributed by atoms with van der Waals surface area (Å²) in [7, 11) is 3.51. The molecule has 3 saturated carbocycles. The second-order valence-electron chi connectivity index (χ2n) is 9.72. The Bertz CT molecular complexity index is 663. The van der Waals surface area contributed by atoms with Crippen LogP contribution < -0.4 is 0 Å². The third kappa shape index (κ3) is 2.17. The number of hydrogen-bond acceptors (Lipinski definition) is 4. The van der Waals surface area contributed by atoms with Crippen LogP contribution in [-0.2, 0) is 9.47 Å². The van der Waals surface area contributed by atoms with Crippen LogP contribution >= 0.6 is 0 Å². The van der Waals surface area contributed by atoms with E-state index in [1.165, 1.54) is 5.57 Å². The summed E-state index contributed by atoms with van der Waals surface area (Å²) in [4.78, 5) is 0. The molecule has 4 heteroatoms. The molecule has 4 nitrogen and oxygen atoms in total. The average Bonchev–Trinajstić information content (AvgIpc) is 2.93. The molecule has 0 aromatic rings. The molecule has 26 heavy (non-hydrogen) atoms. The quantitative estimate of drug-likeness (QED) is 0.456. The fourth-order valence-electron chi connectivity index (χ4n) is 7.24. The zero-order valence-corrected chi connectivity index (χ0v) is 16.7. The van der Waals surface area contributed by atoms with Crippen LogP contribution in [0.1, 0.15) is 65.2 Å². The Morgan fingerprint density at radius 3 is 2.42 bits per heavy atom. The fourth-order valence-corrected chi connectivity index (χ4v) is 7.24. The number of aliphatic hydroxyl groups is 1. The maximum atomic E-state index is 11.0. The van der Waals surface area contributed by atoms with Crippen molar-refractivity contribution in [3.05, 3.63) is 11.6 Å². The van der Waals surface area contributed by atoms with Crippen LogP contribution in [0.3, 0.4) is 0 Å². The van der Waals surface area contributed by atoms with Crippen molar-refractivity contribution in [3.63, 3.8) is 0 Å². The first kappa shape index (κ1) is 18.5. The Balaban J connectivity index is 1.66. The van der Waals surface area contributed by atoms with E-state index in [-0.39, 0.29) is 10.8 Å². The Kier molecular flexibility index (Phi) is 4.12. The number of nitriles is 1. The fraction of sp³-hybridized carbons (Fsp3) is 0.864. The van der Waals surface area contributed by atoms with Crippen molar-refractivity contribution < 1.29 is 14.6 Å². The van der Waals surface area contributed by atoms with Gasteiger partial charge in [0.15, 0.2) is 11.4 Å². The predicted molar refractivity (Wildman–Crippen MR) is 99.0 cm³/mol. The molecule has 144 valence electrons. The van der Waals surface area contributed by atoms with E-state index in [2.05, 4.69) is 26.0 Å². The van der Waals surface area contributed by atoms with Crippen molar-refractivity contribution >= 4 is 0 Å². The average molecular weight is 360 g/mol. The SMILES string of the molecule is COC1(OC)CC[C@@]2(C)C(=CCC3C2CC[C@@]2(C)C3CC[C@]2(O)C#N)C1. The standard InChI is InChI=1S/C22H33NO3/c1-19-11-12-22(25-3,26-4)13-15(19)5-6-16-17(19)7-9-20(2)18(16)8-10-21(20,24)14-23/h5,16-18,24H,6-13H2,1-4H3/t16?,17?,18?,19-,20-,21-/m0/s1. The van der Waals surface area contributed by atoms with E-state index in [0.29, 0.717) is 24.2 Å². The van der Waals surface area contributed by atoms with E-state index < -0.39 is 11.4 Å². The second kappa shape index (κ2) is 5.80. The van der Waals surface area contributed by atoms with Gasteiger partial charge in [-0.3, -0.25) is 0 Å². The minimum absolute atomic E-state index is 0.207. The van der Waals surface area contributed by atoms with E-state index in [1.807, 2.05) is 0 Å². The Morgan fingerprint density at radius 1 is 1.08 bits per heavy atom. The molecular weight excluding hydrogens is 326 g/mol. The van der Waals surface area contributed by atoms with Crippen molar-refractivity contribution in [1.82, 2.24) is 0 Å². The van der Waals surface area contributed by atoms with E-state index in [1.54, 1.807) is 14.2 Å². The molecule has 3 unspecified atom stereocenters. The Labute approximate surface area is 157 Å². The highest BCUT2D eigenvalue weighted by Crippen LogP contribution is 2.67. The summed E-state index contributed by atoms with van der Waals surface area (Å²) < 4.78 is 11.5. The normalized spacial score (nSPS) is 49.4. The summed E-state index contributed by atoms with van der Waals surface area (Å²) in [6.07, 6.45) is 10.1. The smallest absolute Gasteiger partial charge is 0.171 e. The van der Waals surface area contributed by atoms with Gasteiger partial charge in [0.1, 0.15) is 0 Å². The molecule has 4 aliphatic rings. The van der Waals surface area contributed by atoms with Gasteiger partial charge in [-0.25, -0.2) is 0 Å². The largest absolute Gasteiger partial charge is 0.375 e. The van der Waals surface area contributed by atoms with Gasteiger partial charge in [0.25, 0.3) is 0 Å². The number of rotatable bonds is 2. The van der Waals surface area contributed by atoms with Gasteiger partial charge < -0.3 is 14.6 Å². The molecule has 0 bridgehead atoms. The summed E-state index contributed by atoms with van der Waals surface area (Å²) in [6.45, 7) is 4.62. The van der Waals surface area contributed by atoms with Crippen LogP contribution in [-0.4, -0.2) is 30.7 Å². The van der Waals surface area contributed by atoms with E-state index in [0.717, 1.165) is 44.9 Å². The molecule has 0 saturated heterocycles. The monoisotopic (exact) mass is 359 g/mol. The first-order valence-electron chi connectivity index (χ1n) is 10.2. The zero-order valence-electron chi connectivity index (χ0n) is 16.7. The molecule has 3 fully saturated rings. The molecular formula is C22H33NO3.